The van der Waals surface area contributed by atoms with E-state index in [1.54, 1.807) is 49.1 Å². The zero-order chi connectivity index (χ0) is 21.0. The number of thioether (sulfide) groups is 1. The van der Waals surface area contributed by atoms with Crippen molar-refractivity contribution in [2.75, 3.05) is 23.9 Å². The maximum Gasteiger partial charge on any atom is 0.344 e. The van der Waals surface area contributed by atoms with Gasteiger partial charge in [-0.05, 0) is 55.3 Å². The fourth-order valence-electron chi connectivity index (χ4n) is 3.02. The fraction of sp³-hybridized carbons (Fsp3) is 0.286. The second-order valence-electron chi connectivity index (χ2n) is 6.36. The summed E-state index contributed by atoms with van der Waals surface area (Å²) in [4.78, 5) is 37.7. The largest absolute Gasteiger partial charge is 0.463 e. The van der Waals surface area contributed by atoms with Crippen molar-refractivity contribution in [3.8, 4) is 0 Å². The molecule has 1 unspecified atom stereocenters. The molecule has 29 heavy (non-hydrogen) atoms. The number of nitrogens with zero attached hydrogens (tertiary/aromatic N) is 1. The van der Waals surface area contributed by atoms with Crippen molar-refractivity contribution in [2.24, 2.45) is 0 Å². The predicted octanol–water partition coefficient (Wildman–Crippen LogP) is 3.63. The zero-order valence-electron chi connectivity index (χ0n) is 16.0. The number of halogens is 1. The third-order valence-corrected chi connectivity index (χ3v) is 5.55. The predicted molar refractivity (Wildman–Crippen MR) is 107 cm³/mol. The molecule has 0 N–H and O–H groups in total. The fourth-order valence-corrected chi connectivity index (χ4v) is 4.19. The first-order valence-electron chi connectivity index (χ1n) is 9.03. The molecule has 0 aromatic heterocycles. The van der Waals surface area contributed by atoms with E-state index >= 15 is 0 Å². The van der Waals surface area contributed by atoms with Crippen molar-refractivity contribution in [3.05, 3.63) is 65.0 Å². The highest BCUT2D eigenvalue weighted by atomic mass is 32.2. The van der Waals surface area contributed by atoms with Gasteiger partial charge in [0.25, 0.3) is 0 Å². The van der Waals surface area contributed by atoms with E-state index in [0.29, 0.717) is 17.0 Å². The van der Waals surface area contributed by atoms with E-state index in [4.69, 9.17) is 9.47 Å². The molecule has 0 spiro atoms. The van der Waals surface area contributed by atoms with Crippen LogP contribution < -0.4 is 4.90 Å². The number of carbonyl (C=O) groups excluding carboxylic acids is 3. The number of amides is 1. The van der Waals surface area contributed by atoms with Crippen LogP contribution in [0.25, 0.3) is 0 Å². The van der Waals surface area contributed by atoms with Crippen molar-refractivity contribution < 1.29 is 28.2 Å². The van der Waals surface area contributed by atoms with Gasteiger partial charge in [0.2, 0.25) is 5.91 Å². The van der Waals surface area contributed by atoms with Crippen molar-refractivity contribution in [1.82, 2.24) is 0 Å². The highest BCUT2D eigenvalue weighted by Gasteiger charge is 2.35. The van der Waals surface area contributed by atoms with Crippen LogP contribution in [0.5, 0.6) is 0 Å². The lowest BCUT2D eigenvalue weighted by atomic mass is 10.1. The van der Waals surface area contributed by atoms with Crippen LogP contribution in [-0.4, -0.2) is 36.8 Å². The molecular weight excluding hydrogens is 397 g/mol. The smallest absolute Gasteiger partial charge is 0.344 e. The summed E-state index contributed by atoms with van der Waals surface area (Å²) in [5.41, 5.74) is 2.46. The highest BCUT2D eigenvalue weighted by Crippen LogP contribution is 2.42. The Morgan fingerprint density at radius 2 is 1.90 bits per heavy atom. The molecule has 8 heteroatoms. The van der Waals surface area contributed by atoms with Crippen LogP contribution in [0.3, 0.4) is 0 Å². The van der Waals surface area contributed by atoms with Crippen molar-refractivity contribution in [3.63, 3.8) is 0 Å². The van der Waals surface area contributed by atoms with Crippen LogP contribution in [0.4, 0.5) is 10.1 Å². The van der Waals surface area contributed by atoms with Gasteiger partial charge in [-0.3, -0.25) is 9.69 Å². The molecular formula is C21H20FNO5S. The van der Waals surface area contributed by atoms with Crippen LogP contribution in [-0.2, 0) is 19.1 Å². The second-order valence-corrected chi connectivity index (χ2v) is 7.43. The minimum absolute atomic E-state index is 0.0648. The number of benzene rings is 2. The highest BCUT2D eigenvalue weighted by molar-refractivity contribution is 8.00. The van der Waals surface area contributed by atoms with Crippen LogP contribution in [0.2, 0.25) is 0 Å². The molecule has 1 saturated heterocycles. The summed E-state index contributed by atoms with van der Waals surface area (Å²) >= 11 is 1.46. The monoisotopic (exact) mass is 417 g/mol. The Balaban J connectivity index is 1.79. The number of ether oxygens (including phenoxy) is 2. The van der Waals surface area contributed by atoms with Crippen molar-refractivity contribution >= 4 is 35.3 Å². The van der Waals surface area contributed by atoms with Gasteiger partial charge in [0.1, 0.15) is 11.2 Å². The molecule has 1 aliphatic rings. The number of carbonyl (C=O) groups is 3. The maximum absolute atomic E-state index is 13.3. The van der Waals surface area contributed by atoms with E-state index in [-0.39, 0.29) is 29.3 Å². The molecule has 1 atom stereocenters. The molecule has 1 fully saturated rings. The van der Waals surface area contributed by atoms with Gasteiger partial charge >= 0.3 is 11.9 Å². The average molecular weight is 417 g/mol. The summed E-state index contributed by atoms with van der Waals surface area (Å²) in [6, 6.07) is 10.9. The molecule has 0 saturated carbocycles. The molecule has 0 aliphatic carbocycles. The average Bonchev–Trinajstić information content (AvgIpc) is 3.08. The Morgan fingerprint density at radius 1 is 1.17 bits per heavy atom. The standard InChI is InChI=1S/C21H20FNO5S/c1-3-27-19(25)11-28-21(26)15-6-9-17(13(2)10-15)23-18(24)12-29-20(23)14-4-7-16(22)8-5-14/h4-10,20H,3,11-12H2,1-2H3. The molecule has 2 aromatic carbocycles. The molecule has 0 bridgehead atoms. The summed E-state index contributed by atoms with van der Waals surface area (Å²) in [5.74, 6) is -1.35. The van der Waals surface area contributed by atoms with Crippen molar-refractivity contribution in [2.45, 2.75) is 19.2 Å². The van der Waals surface area contributed by atoms with Crippen molar-refractivity contribution in [1.29, 1.82) is 0 Å². The Labute approximate surface area is 172 Å². The van der Waals surface area contributed by atoms with Gasteiger partial charge in [0.05, 0.1) is 17.9 Å². The number of rotatable bonds is 6. The number of hydrogen-bond donors (Lipinski definition) is 0. The normalized spacial score (nSPS) is 16.0. The van der Waals surface area contributed by atoms with E-state index in [2.05, 4.69) is 0 Å². The Bertz CT molecular complexity index is 931. The second kappa shape index (κ2) is 9.09. The number of hydrogen-bond acceptors (Lipinski definition) is 6. The van der Waals surface area contributed by atoms with Crippen LogP contribution in [0, 0.1) is 12.7 Å². The van der Waals surface area contributed by atoms with Gasteiger partial charge in [-0.25, -0.2) is 14.0 Å². The van der Waals surface area contributed by atoms with Crippen LogP contribution >= 0.6 is 11.8 Å². The summed E-state index contributed by atoms with van der Waals surface area (Å²) in [7, 11) is 0. The van der Waals surface area contributed by atoms with E-state index in [0.717, 1.165) is 5.56 Å². The minimum atomic E-state index is -0.648. The van der Waals surface area contributed by atoms with E-state index in [1.807, 2.05) is 0 Å². The van der Waals surface area contributed by atoms with Gasteiger partial charge in [-0.15, -0.1) is 11.8 Å². The topological polar surface area (TPSA) is 72.9 Å². The zero-order valence-corrected chi connectivity index (χ0v) is 16.8. The Hall–Kier alpha value is -2.87. The van der Waals surface area contributed by atoms with E-state index in [1.165, 1.54) is 23.9 Å². The molecule has 3 rings (SSSR count). The number of aryl methyl sites for hydroxylation is 1. The molecule has 0 radical (unpaired) electrons. The van der Waals surface area contributed by atoms with Crippen LogP contribution in [0.1, 0.15) is 33.8 Å². The third-order valence-electron chi connectivity index (χ3n) is 4.34. The van der Waals surface area contributed by atoms with E-state index in [9.17, 15) is 18.8 Å². The minimum Gasteiger partial charge on any atom is -0.463 e. The summed E-state index contributed by atoms with van der Waals surface area (Å²) in [5, 5.41) is -0.275. The summed E-state index contributed by atoms with van der Waals surface area (Å²) in [6.07, 6.45) is 0. The Morgan fingerprint density at radius 3 is 2.55 bits per heavy atom. The molecule has 1 aliphatic heterocycles. The van der Waals surface area contributed by atoms with Gasteiger partial charge < -0.3 is 9.47 Å². The SMILES string of the molecule is CCOC(=O)COC(=O)c1ccc(N2C(=O)CSC2c2ccc(F)cc2)c(C)c1. The van der Waals surface area contributed by atoms with Gasteiger partial charge in [-0.2, -0.15) is 0 Å². The first kappa shape index (κ1) is 20.9. The van der Waals surface area contributed by atoms with E-state index < -0.39 is 18.5 Å². The lowest BCUT2D eigenvalue weighted by Crippen LogP contribution is -2.28. The Kier molecular flexibility index (Phi) is 6.53. The molecule has 1 heterocycles. The summed E-state index contributed by atoms with van der Waals surface area (Å²) in [6.45, 7) is 3.21. The third kappa shape index (κ3) is 4.76. The summed E-state index contributed by atoms with van der Waals surface area (Å²) < 4.78 is 22.9. The first-order chi connectivity index (χ1) is 13.9. The molecule has 152 valence electrons. The first-order valence-corrected chi connectivity index (χ1v) is 10.1. The maximum atomic E-state index is 13.3. The lowest BCUT2D eigenvalue weighted by Gasteiger charge is -2.26. The van der Waals surface area contributed by atoms with Gasteiger partial charge in [0, 0.05) is 5.69 Å². The quantitative estimate of drug-likeness (QED) is 0.669. The lowest BCUT2D eigenvalue weighted by molar-refractivity contribution is -0.146. The van der Waals surface area contributed by atoms with Gasteiger partial charge in [-0.1, -0.05) is 12.1 Å². The number of esters is 2. The van der Waals surface area contributed by atoms with Crippen LogP contribution in [0.15, 0.2) is 42.5 Å². The van der Waals surface area contributed by atoms with Gasteiger partial charge in [0.15, 0.2) is 6.61 Å². The number of anilines is 1. The molecule has 6 nitrogen and oxygen atoms in total. The molecule has 2 aromatic rings. The molecule has 1 amide bonds.